The quantitative estimate of drug-likeness (QED) is 0.361. The van der Waals surface area contributed by atoms with Gasteiger partial charge in [-0.05, 0) is 0 Å². The minimum absolute atomic E-state index is 0.150. The molecule has 7 rings (SSSR count). The average molecular weight is 647 g/mol. The number of hydrogen-bond acceptors (Lipinski definition) is 1. The number of hydrogen-bond donors (Lipinski definition) is 1. The molecule has 4 heteroatoms. The van der Waals surface area contributed by atoms with Crippen LogP contribution in [0, 0.1) is 28.1 Å². The van der Waals surface area contributed by atoms with Gasteiger partial charge >= 0.3 is 242 Å². The van der Waals surface area contributed by atoms with E-state index in [0.717, 1.165) is 25.2 Å². The predicted octanol–water partition coefficient (Wildman–Crippen LogP) is 6.43. The van der Waals surface area contributed by atoms with Gasteiger partial charge in [-0.2, -0.15) is 0 Å². The van der Waals surface area contributed by atoms with Crippen molar-refractivity contribution >= 4 is 25.3 Å². The molecule has 199 valence electrons. The van der Waals surface area contributed by atoms with Gasteiger partial charge in [0.1, 0.15) is 0 Å². The fraction of sp³-hybridized carbons (Fsp3) is 0.500. The van der Waals surface area contributed by atoms with Gasteiger partial charge in [-0.1, -0.05) is 0 Å². The Labute approximate surface area is 240 Å². The molecule has 4 bridgehead atoms. The molecule has 0 saturated heterocycles. The Bertz CT molecular complexity index is 1260. The number of rotatable bonds is 6. The summed E-state index contributed by atoms with van der Waals surface area (Å²) in [7, 11) is -2.33. The Morgan fingerprint density at radius 3 is 1.79 bits per heavy atom. The van der Waals surface area contributed by atoms with Crippen molar-refractivity contribution in [1.29, 1.82) is 0 Å². The summed E-state index contributed by atoms with van der Waals surface area (Å²) < 4.78 is 8.87. The molecule has 2 nitrogen and oxygen atoms in total. The van der Waals surface area contributed by atoms with Crippen molar-refractivity contribution in [2.45, 2.75) is 80.1 Å². The van der Waals surface area contributed by atoms with E-state index in [1.165, 1.54) is 36.0 Å². The van der Waals surface area contributed by atoms with Crippen molar-refractivity contribution in [3.05, 3.63) is 80.7 Å². The third-order valence-corrected chi connectivity index (χ3v) is 42.6. The molecular weight excluding hydrogens is 602 g/mol. The van der Waals surface area contributed by atoms with Crippen molar-refractivity contribution in [3.63, 3.8) is 0 Å². The molecule has 5 aliphatic carbocycles. The zero-order chi connectivity index (χ0) is 26.9. The van der Waals surface area contributed by atoms with Crippen molar-refractivity contribution in [2.24, 2.45) is 28.1 Å². The van der Waals surface area contributed by atoms with Crippen molar-refractivity contribution in [3.8, 4) is 0 Å². The maximum atomic E-state index is 14.8. The van der Waals surface area contributed by atoms with Gasteiger partial charge in [0.05, 0.1) is 0 Å². The van der Waals surface area contributed by atoms with Gasteiger partial charge in [-0.3, -0.25) is 0 Å². The van der Waals surface area contributed by atoms with E-state index in [1.807, 2.05) is 0 Å². The molecule has 2 aromatic carbocycles. The van der Waals surface area contributed by atoms with Gasteiger partial charge in [0.15, 0.2) is 0 Å². The van der Waals surface area contributed by atoms with E-state index in [-0.39, 0.29) is 5.41 Å². The van der Waals surface area contributed by atoms with Crippen molar-refractivity contribution < 1.29 is 24.3 Å². The second kappa shape index (κ2) is 9.72. The molecule has 3 atom stereocenters. The second-order valence-electron chi connectivity index (χ2n) is 14.1. The van der Waals surface area contributed by atoms with Crippen LogP contribution in [0.5, 0.6) is 0 Å². The van der Waals surface area contributed by atoms with Gasteiger partial charge in [0, 0.05) is 0 Å². The summed E-state index contributed by atoms with van der Waals surface area (Å²) in [4.78, 5) is 14.8. The summed E-state index contributed by atoms with van der Waals surface area (Å²) in [5.74, 6) is 1.64. The summed E-state index contributed by atoms with van der Waals surface area (Å²) in [6, 6.07) is 22.7. The van der Waals surface area contributed by atoms with Crippen molar-refractivity contribution in [2.75, 3.05) is 0 Å². The Balaban J connectivity index is 1.45. The molecule has 38 heavy (non-hydrogen) atoms. The zero-order valence-electron chi connectivity index (χ0n) is 24.2. The molecule has 2 aromatic rings. The van der Waals surface area contributed by atoms with Gasteiger partial charge in [-0.25, -0.2) is 0 Å². The van der Waals surface area contributed by atoms with Crippen LogP contribution < -0.4 is 12.1 Å². The van der Waals surface area contributed by atoms with E-state index in [2.05, 4.69) is 105 Å². The Morgan fingerprint density at radius 1 is 0.816 bits per heavy atom. The fourth-order valence-electron chi connectivity index (χ4n) is 9.87. The predicted molar refractivity (Wildman–Crippen MR) is 158 cm³/mol. The maximum absolute atomic E-state index is 14.8. The van der Waals surface area contributed by atoms with Crippen LogP contribution in [0.4, 0.5) is 0 Å². The monoisotopic (exact) mass is 646 g/mol. The molecule has 3 unspecified atom stereocenters. The zero-order valence-corrected chi connectivity index (χ0v) is 29.0. The molecule has 1 amide bonds. The van der Waals surface area contributed by atoms with Crippen LogP contribution in [0.1, 0.15) is 80.1 Å². The summed E-state index contributed by atoms with van der Waals surface area (Å²) >= 11 is -2.67. The van der Waals surface area contributed by atoms with Crippen LogP contribution in [0.3, 0.4) is 0 Å². The van der Waals surface area contributed by atoms with Crippen LogP contribution in [0.15, 0.2) is 80.7 Å². The molecule has 0 aliphatic heterocycles. The average Bonchev–Trinajstić information content (AvgIpc) is 3.05. The van der Waals surface area contributed by atoms with E-state index >= 15 is 0 Å². The normalized spacial score (nSPS) is 33.9. The third kappa shape index (κ3) is 4.52. The SMILES string of the molecule is CC1=C(C)C(C)[C]([Zr]([NH]C(=O)C23CC4CC(C)(CC(C)(C4)C2)C3)[GeH]([c]2ccccc2)[c]2ccccc2)=C1C. The second-order valence-corrected chi connectivity index (χ2v) is 37.2. The molecule has 4 saturated carbocycles. The molecule has 0 aromatic heterocycles. The molecule has 1 N–H and O–H groups in total. The first-order valence-corrected chi connectivity index (χ1v) is 28.2. The first-order chi connectivity index (χ1) is 18.0. The molecule has 0 spiro atoms. The number of benzene rings is 2. The number of carbonyl (C=O) groups is 1. The van der Waals surface area contributed by atoms with Crippen LogP contribution in [0.2, 0.25) is 0 Å². The van der Waals surface area contributed by atoms with Gasteiger partial charge in [-0.15, -0.1) is 0 Å². The molecule has 0 heterocycles. The number of nitrogens with one attached hydrogen (secondary N) is 1. The standard InChI is InChI=1S/C13H21NO.C12H11Ge.C9H13.Zr/c1-11-3-9-4-12(2,6-11)8-13(5-9,7-11)10(14)15;1-3-7-11(8-4-1)13-12-9-5-2-6-10-12;1-6-5-7(2)9(4)8(6)3;/h9H,3-8H2,1-2H3,(H2,14,15);1-10,13H;6H,1-4H3;/q;;;+1/p-1. The Kier molecular flexibility index (Phi) is 6.91. The number of carbonyl (C=O) groups excluding carboxylic acids is 1. The summed E-state index contributed by atoms with van der Waals surface area (Å²) in [5.41, 5.74) is 5.02. The third-order valence-electron chi connectivity index (χ3n) is 10.8. The summed E-state index contributed by atoms with van der Waals surface area (Å²) in [5, 5.41) is 0. The number of allylic oxidation sites excluding steroid dienone is 4. The topological polar surface area (TPSA) is 29.1 Å². The molecular formula is C34H44GeNOZr. The van der Waals surface area contributed by atoms with E-state index in [0.29, 0.717) is 22.7 Å². The van der Waals surface area contributed by atoms with Crippen LogP contribution >= 0.6 is 0 Å². The van der Waals surface area contributed by atoms with Crippen LogP contribution in [-0.4, -0.2) is 16.5 Å². The van der Waals surface area contributed by atoms with Gasteiger partial charge in [0.2, 0.25) is 0 Å². The Hall–Kier alpha value is -1.18. The first kappa shape index (κ1) is 27.0. The summed E-state index contributed by atoms with van der Waals surface area (Å²) in [6.45, 7) is 14.4. The van der Waals surface area contributed by atoms with E-state index < -0.39 is 30.1 Å². The molecule has 5 aliphatic rings. The number of amides is 1. The van der Waals surface area contributed by atoms with Gasteiger partial charge < -0.3 is 0 Å². The van der Waals surface area contributed by atoms with Crippen LogP contribution in [-0.2, 0) is 24.3 Å². The van der Waals surface area contributed by atoms with E-state index in [9.17, 15) is 4.79 Å². The fourth-order valence-corrected chi connectivity index (χ4v) is 47.0. The van der Waals surface area contributed by atoms with Gasteiger partial charge in [0.25, 0.3) is 0 Å². The molecule has 4 fully saturated rings. The van der Waals surface area contributed by atoms with E-state index in [1.54, 1.807) is 12.1 Å². The first-order valence-electron chi connectivity index (χ1n) is 14.7. The Morgan fingerprint density at radius 2 is 1.34 bits per heavy atom. The van der Waals surface area contributed by atoms with Crippen LogP contribution in [0.25, 0.3) is 0 Å². The van der Waals surface area contributed by atoms with Crippen molar-refractivity contribution in [1.82, 2.24) is 3.26 Å². The minimum atomic E-state index is -2.67. The van der Waals surface area contributed by atoms with E-state index in [4.69, 9.17) is 0 Å². The summed E-state index contributed by atoms with van der Waals surface area (Å²) in [6.07, 6.45) is 7.32. The molecule has 0 radical (unpaired) electrons.